The van der Waals surface area contributed by atoms with Gasteiger partial charge in [-0.05, 0) is 17.5 Å². The van der Waals surface area contributed by atoms with Crippen molar-refractivity contribution in [1.82, 2.24) is 0 Å². The van der Waals surface area contributed by atoms with Crippen molar-refractivity contribution in [2.45, 2.75) is 0 Å². The van der Waals surface area contributed by atoms with Gasteiger partial charge in [-0.2, -0.15) is 0 Å². The van der Waals surface area contributed by atoms with E-state index in [1.165, 1.54) is 11.0 Å². The molecule has 0 spiro atoms. The van der Waals surface area contributed by atoms with Gasteiger partial charge in [-0.3, -0.25) is 0 Å². The summed E-state index contributed by atoms with van der Waals surface area (Å²) >= 11 is 1.65. The average molecular weight is 165 g/mol. The highest BCUT2D eigenvalue weighted by molar-refractivity contribution is 7.10. The van der Waals surface area contributed by atoms with Crippen LogP contribution in [0.2, 0.25) is 0 Å². The zero-order valence-corrected chi connectivity index (χ0v) is 6.67. The zero-order chi connectivity index (χ0) is 7.94. The van der Waals surface area contributed by atoms with E-state index in [0.29, 0.717) is 6.54 Å². The van der Waals surface area contributed by atoms with E-state index in [4.69, 9.17) is 0 Å². The third-order valence-corrected chi connectivity index (χ3v) is 1.92. The molecule has 0 aliphatic carbocycles. The second-order valence-electron chi connectivity index (χ2n) is 1.85. The van der Waals surface area contributed by atoms with E-state index in [2.05, 4.69) is 4.99 Å². The second kappa shape index (κ2) is 4.61. The Morgan fingerprint density at radius 1 is 1.73 bits per heavy atom. The first-order chi connectivity index (χ1) is 5.43. The molecule has 0 saturated carbocycles. The van der Waals surface area contributed by atoms with Crippen LogP contribution in [0.1, 0.15) is 4.88 Å². The van der Waals surface area contributed by atoms with Crippen molar-refractivity contribution in [3.8, 4) is 0 Å². The molecule has 2 nitrogen and oxygen atoms in total. The molecule has 0 fully saturated rings. The van der Waals surface area contributed by atoms with Crippen molar-refractivity contribution in [1.29, 1.82) is 0 Å². The molecule has 0 aromatic carbocycles. The van der Waals surface area contributed by atoms with Crippen LogP contribution in [0.5, 0.6) is 0 Å². The van der Waals surface area contributed by atoms with Crippen LogP contribution in [-0.4, -0.2) is 12.6 Å². The minimum atomic E-state index is 0.418. The van der Waals surface area contributed by atoms with Crippen LogP contribution >= 0.6 is 11.3 Å². The Kier molecular flexibility index (Phi) is 3.32. The van der Waals surface area contributed by atoms with Crippen molar-refractivity contribution in [3.63, 3.8) is 0 Å². The predicted octanol–water partition coefficient (Wildman–Crippen LogP) is 2.10. The van der Waals surface area contributed by atoms with Gasteiger partial charge < -0.3 is 0 Å². The standard InChI is InChI=1S/C8H7NOS/c10-7-9-5-1-3-8-4-2-6-11-8/h1-4,6H,5H2/b3-1-. The number of nitrogens with zero attached hydrogens (tertiary/aromatic N) is 1. The van der Waals surface area contributed by atoms with Gasteiger partial charge in [-0.1, -0.05) is 12.1 Å². The summed E-state index contributed by atoms with van der Waals surface area (Å²) in [6, 6.07) is 3.99. The number of rotatable bonds is 3. The highest BCUT2D eigenvalue weighted by atomic mass is 32.1. The Bertz CT molecular complexity index is 270. The van der Waals surface area contributed by atoms with Crippen molar-refractivity contribution in [3.05, 3.63) is 28.5 Å². The Morgan fingerprint density at radius 3 is 3.27 bits per heavy atom. The lowest BCUT2D eigenvalue weighted by atomic mass is 10.4. The van der Waals surface area contributed by atoms with Gasteiger partial charge in [0.05, 0.1) is 6.54 Å². The van der Waals surface area contributed by atoms with E-state index in [-0.39, 0.29) is 0 Å². The van der Waals surface area contributed by atoms with Crippen LogP contribution in [0.4, 0.5) is 0 Å². The summed E-state index contributed by atoms with van der Waals surface area (Å²) in [4.78, 5) is 14.2. The van der Waals surface area contributed by atoms with Crippen molar-refractivity contribution in [2.24, 2.45) is 4.99 Å². The van der Waals surface area contributed by atoms with Crippen LogP contribution in [-0.2, 0) is 4.79 Å². The maximum absolute atomic E-state index is 9.64. The molecule has 0 atom stereocenters. The number of hydrogen-bond donors (Lipinski definition) is 0. The molecule has 1 aromatic rings. The third-order valence-electron chi connectivity index (χ3n) is 1.09. The average Bonchev–Trinajstić information content (AvgIpc) is 2.50. The minimum Gasteiger partial charge on any atom is -0.211 e. The minimum absolute atomic E-state index is 0.418. The molecule has 0 N–H and O–H groups in total. The molecule has 0 aliphatic heterocycles. The summed E-state index contributed by atoms with van der Waals surface area (Å²) in [6.07, 6.45) is 5.24. The van der Waals surface area contributed by atoms with Crippen LogP contribution in [0, 0.1) is 0 Å². The maximum atomic E-state index is 9.64. The fourth-order valence-corrected chi connectivity index (χ4v) is 1.29. The number of carbonyl (C=O) groups excluding carboxylic acids is 1. The van der Waals surface area contributed by atoms with Gasteiger partial charge in [0.2, 0.25) is 6.08 Å². The first-order valence-corrected chi connectivity index (χ1v) is 4.05. The van der Waals surface area contributed by atoms with Gasteiger partial charge in [0, 0.05) is 4.88 Å². The normalized spacial score (nSPS) is 9.82. The molecule has 56 valence electrons. The SMILES string of the molecule is O=C=NC/C=C\c1cccs1. The molecule has 1 aromatic heterocycles. The van der Waals surface area contributed by atoms with E-state index < -0.39 is 0 Å². The van der Waals surface area contributed by atoms with Crippen LogP contribution in [0.15, 0.2) is 28.6 Å². The molecule has 0 saturated heterocycles. The van der Waals surface area contributed by atoms with Gasteiger partial charge in [0.15, 0.2) is 0 Å². The Balaban J connectivity index is 2.42. The molecular weight excluding hydrogens is 158 g/mol. The van der Waals surface area contributed by atoms with Crippen molar-refractivity contribution >= 4 is 23.5 Å². The monoisotopic (exact) mass is 165 g/mol. The van der Waals surface area contributed by atoms with E-state index >= 15 is 0 Å². The summed E-state index contributed by atoms with van der Waals surface area (Å²) in [5.41, 5.74) is 0. The van der Waals surface area contributed by atoms with Gasteiger partial charge in [-0.15, -0.1) is 11.3 Å². The first-order valence-electron chi connectivity index (χ1n) is 3.17. The first kappa shape index (κ1) is 7.92. The molecule has 0 amide bonds. The largest absolute Gasteiger partial charge is 0.235 e. The topological polar surface area (TPSA) is 29.4 Å². The van der Waals surface area contributed by atoms with E-state index in [0.717, 1.165) is 0 Å². The number of isocyanates is 1. The lowest BCUT2D eigenvalue weighted by molar-refractivity contribution is 0.564. The molecule has 1 heterocycles. The van der Waals surface area contributed by atoms with Crippen LogP contribution < -0.4 is 0 Å². The number of aliphatic imine (C=N–C) groups is 1. The van der Waals surface area contributed by atoms with Gasteiger partial charge in [0.25, 0.3) is 0 Å². The summed E-state index contributed by atoms with van der Waals surface area (Å²) in [5.74, 6) is 0. The van der Waals surface area contributed by atoms with Gasteiger partial charge in [0.1, 0.15) is 0 Å². The summed E-state index contributed by atoms with van der Waals surface area (Å²) in [5, 5.41) is 2.00. The quantitative estimate of drug-likeness (QED) is 0.498. The third kappa shape index (κ3) is 2.94. The Morgan fingerprint density at radius 2 is 2.64 bits per heavy atom. The Hall–Kier alpha value is -1.18. The molecule has 1 rings (SSSR count). The number of hydrogen-bond acceptors (Lipinski definition) is 3. The van der Waals surface area contributed by atoms with Crippen molar-refractivity contribution in [2.75, 3.05) is 6.54 Å². The molecule has 3 heteroatoms. The van der Waals surface area contributed by atoms with Crippen molar-refractivity contribution < 1.29 is 4.79 Å². The predicted molar refractivity (Wildman–Crippen MR) is 46.3 cm³/mol. The fourth-order valence-electron chi connectivity index (χ4n) is 0.645. The molecular formula is C8H7NOS. The van der Waals surface area contributed by atoms with Crippen LogP contribution in [0.25, 0.3) is 6.08 Å². The highest BCUT2D eigenvalue weighted by Gasteiger charge is 1.82. The van der Waals surface area contributed by atoms with Crippen LogP contribution in [0.3, 0.4) is 0 Å². The highest BCUT2D eigenvalue weighted by Crippen LogP contribution is 2.09. The number of thiophene rings is 1. The van der Waals surface area contributed by atoms with E-state index in [9.17, 15) is 4.79 Å². The van der Waals surface area contributed by atoms with E-state index in [1.807, 2.05) is 29.7 Å². The molecule has 0 bridgehead atoms. The Labute approximate surface area is 68.9 Å². The van der Waals surface area contributed by atoms with E-state index in [1.54, 1.807) is 11.3 Å². The van der Waals surface area contributed by atoms with Gasteiger partial charge in [-0.25, -0.2) is 9.79 Å². The molecule has 0 unspecified atom stereocenters. The lowest BCUT2D eigenvalue weighted by Gasteiger charge is -1.79. The van der Waals surface area contributed by atoms with Gasteiger partial charge >= 0.3 is 0 Å². The molecule has 0 radical (unpaired) electrons. The molecule has 0 aliphatic rings. The lowest BCUT2D eigenvalue weighted by Crippen LogP contribution is -1.67. The smallest absolute Gasteiger partial charge is 0.211 e. The zero-order valence-electron chi connectivity index (χ0n) is 5.86. The fraction of sp³-hybridized carbons (Fsp3) is 0.125. The maximum Gasteiger partial charge on any atom is 0.235 e. The second-order valence-corrected chi connectivity index (χ2v) is 2.83. The molecule has 11 heavy (non-hydrogen) atoms. The summed E-state index contributed by atoms with van der Waals surface area (Å²) < 4.78 is 0. The summed E-state index contributed by atoms with van der Waals surface area (Å²) in [6.45, 7) is 0.418. The summed E-state index contributed by atoms with van der Waals surface area (Å²) in [7, 11) is 0.